The minimum absolute atomic E-state index is 0.252. The van der Waals surface area contributed by atoms with Crippen LogP contribution in [0.15, 0.2) is 36.9 Å². The molecule has 1 aromatic carbocycles. The second kappa shape index (κ2) is 6.86. The summed E-state index contributed by atoms with van der Waals surface area (Å²) in [7, 11) is 0. The molecule has 3 nitrogen and oxygen atoms in total. The molecule has 0 spiro atoms. The predicted octanol–water partition coefficient (Wildman–Crippen LogP) is 2.37. The van der Waals surface area contributed by atoms with E-state index in [1.165, 1.54) is 5.56 Å². The average Bonchev–Trinajstić information content (AvgIpc) is 2.32. The lowest BCUT2D eigenvalue weighted by Gasteiger charge is -2.16. The molecule has 92 valence electrons. The normalized spacial score (nSPS) is 11.9. The lowest BCUT2D eigenvalue weighted by Crippen LogP contribution is -2.30. The van der Waals surface area contributed by atoms with Crippen molar-refractivity contribution in [3.05, 3.63) is 48.0 Å². The minimum atomic E-state index is -0.423. The molecule has 0 heterocycles. The molecule has 0 saturated heterocycles. The summed E-state index contributed by atoms with van der Waals surface area (Å²) in [5.41, 5.74) is 2.08. The highest BCUT2D eigenvalue weighted by molar-refractivity contribution is 5.77. The summed E-state index contributed by atoms with van der Waals surface area (Å²) in [5.74, 6) is -0.252. The molecule has 17 heavy (non-hydrogen) atoms. The van der Waals surface area contributed by atoms with Crippen LogP contribution in [0.4, 0.5) is 0 Å². The van der Waals surface area contributed by atoms with Gasteiger partial charge in [0.05, 0.1) is 6.61 Å². The van der Waals surface area contributed by atoms with Crippen LogP contribution in [-0.2, 0) is 9.53 Å². The van der Waals surface area contributed by atoms with E-state index >= 15 is 0 Å². The number of nitrogens with one attached hydrogen (secondary N) is 1. The van der Waals surface area contributed by atoms with E-state index in [9.17, 15) is 4.79 Å². The van der Waals surface area contributed by atoms with E-state index in [1.807, 2.05) is 31.2 Å². The van der Waals surface area contributed by atoms with Gasteiger partial charge in [0.25, 0.3) is 0 Å². The molecule has 1 N–H and O–H groups in total. The van der Waals surface area contributed by atoms with E-state index in [0.717, 1.165) is 5.56 Å². The fraction of sp³-hybridized carbons (Fsp3) is 0.357. The van der Waals surface area contributed by atoms with Crippen LogP contribution in [0, 0.1) is 6.92 Å². The molecule has 1 unspecified atom stereocenters. The maximum absolute atomic E-state index is 11.8. The molecule has 0 amide bonds. The molecular weight excluding hydrogens is 214 g/mol. The summed E-state index contributed by atoms with van der Waals surface area (Å²) in [6.45, 7) is 8.40. The molecule has 0 radical (unpaired) electrons. The number of esters is 1. The molecule has 1 rings (SSSR count). The van der Waals surface area contributed by atoms with Crippen molar-refractivity contribution in [2.75, 3.05) is 13.2 Å². The van der Waals surface area contributed by atoms with Gasteiger partial charge in [0, 0.05) is 6.54 Å². The predicted molar refractivity (Wildman–Crippen MR) is 68.8 cm³/mol. The highest BCUT2D eigenvalue weighted by Gasteiger charge is 2.20. The summed E-state index contributed by atoms with van der Waals surface area (Å²) < 4.78 is 5.05. The van der Waals surface area contributed by atoms with Gasteiger partial charge in [-0.25, -0.2) is 4.79 Å². The zero-order valence-corrected chi connectivity index (χ0v) is 10.4. The van der Waals surface area contributed by atoms with E-state index in [-0.39, 0.29) is 5.97 Å². The van der Waals surface area contributed by atoms with Gasteiger partial charge in [0.2, 0.25) is 0 Å². The number of ether oxygens (including phenoxy) is 1. The fourth-order valence-corrected chi connectivity index (χ4v) is 1.52. The van der Waals surface area contributed by atoms with Crippen LogP contribution >= 0.6 is 0 Å². The number of benzene rings is 1. The lowest BCUT2D eigenvalue weighted by molar-refractivity contribution is -0.145. The average molecular weight is 233 g/mol. The van der Waals surface area contributed by atoms with Crippen molar-refractivity contribution in [3.8, 4) is 0 Å². The van der Waals surface area contributed by atoms with Crippen LogP contribution in [0.25, 0.3) is 0 Å². The van der Waals surface area contributed by atoms with E-state index in [2.05, 4.69) is 11.9 Å². The van der Waals surface area contributed by atoms with Crippen molar-refractivity contribution in [2.45, 2.75) is 19.9 Å². The second-order valence-corrected chi connectivity index (χ2v) is 3.79. The summed E-state index contributed by atoms with van der Waals surface area (Å²) in [6.07, 6.45) is 1.72. The third kappa shape index (κ3) is 4.04. The Morgan fingerprint density at radius 3 is 2.65 bits per heavy atom. The summed E-state index contributed by atoms with van der Waals surface area (Å²) >= 11 is 0. The van der Waals surface area contributed by atoms with E-state index in [1.54, 1.807) is 13.0 Å². The molecule has 1 aromatic rings. The highest BCUT2D eigenvalue weighted by Crippen LogP contribution is 2.15. The zero-order valence-electron chi connectivity index (χ0n) is 10.4. The molecule has 0 aliphatic heterocycles. The van der Waals surface area contributed by atoms with Crippen molar-refractivity contribution >= 4 is 5.97 Å². The Kier molecular flexibility index (Phi) is 5.43. The third-order valence-electron chi connectivity index (χ3n) is 2.40. The maximum Gasteiger partial charge on any atom is 0.327 e. The Morgan fingerprint density at radius 1 is 1.47 bits per heavy atom. The van der Waals surface area contributed by atoms with Gasteiger partial charge in [-0.2, -0.15) is 0 Å². The SMILES string of the molecule is C=CCNC(C(=O)OCC)c1ccc(C)cc1. The van der Waals surface area contributed by atoms with Gasteiger partial charge in [0.15, 0.2) is 0 Å². The molecule has 0 bridgehead atoms. The number of carbonyl (C=O) groups excluding carboxylic acids is 1. The fourth-order valence-electron chi connectivity index (χ4n) is 1.52. The van der Waals surface area contributed by atoms with E-state index < -0.39 is 6.04 Å². The van der Waals surface area contributed by atoms with Crippen molar-refractivity contribution in [2.24, 2.45) is 0 Å². The van der Waals surface area contributed by atoms with Gasteiger partial charge in [0.1, 0.15) is 6.04 Å². The molecule has 0 fully saturated rings. The summed E-state index contributed by atoms with van der Waals surface area (Å²) in [4.78, 5) is 11.8. The second-order valence-electron chi connectivity index (χ2n) is 3.79. The largest absolute Gasteiger partial charge is 0.465 e. The van der Waals surface area contributed by atoms with Crippen LogP contribution < -0.4 is 5.32 Å². The van der Waals surface area contributed by atoms with E-state index in [0.29, 0.717) is 13.2 Å². The first-order valence-corrected chi connectivity index (χ1v) is 5.76. The zero-order chi connectivity index (χ0) is 12.7. The molecule has 1 atom stereocenters. The smallest absolute Gasteiger partial charge is 0.327 e. The molecule has 0 saturated carbocycles. The molecule has 3 heteroatoms. The van der Waals surface area contributed by atoms with Crippen LogP contribution in [0.5, 0.6) is 0 Å². The molecule has 0 aliphatic rings. The van der Waals surface area contributed by atoms with Crippen LogP contribution in [0.3, 0.4) is 0 Å². The first-order chi connectivity index (χ1) is 8.19. The van der Waals surface area contributed by atoms with Gasteiger partial charge < -0.3 is 4.74 Å². The van der Waals surface area contributed by atoms with Crippen molar-refractivity contribution < 1.29 is 9.53 Å². The summed E-state index contributed by atoms with van der Waals surface area (Å²) in [5, 5.41) is 3.10. The highest BCUT2D eigenvalue weighted by atomic mass is 16.5. The topological polar surface area (TPSA) is 38.3 Å². The third-order valence-corrected chi connectivity index (χ3v) is 2.40. The lowest BCUT2D eigenvalue weighted by atomic mass is 10.1. The van der Waals surface area contributed by atoms with E-state index in [4.69, 9.17) is 4.74 Å². The van der Waals surface area contributed by atoms with Gasteiger partial charge in [-0.1, -0.05) is 35.9 Å². The van der Waals surface area contributed by atoms with Crippen LogP contribution in [0.1, 0.15) is 24.1 Å². The number of hydrogen-bond acceptors (Lipinski definition) is 3. The number of aryl methyl sites for hydroxylation is 1. The van der Waals surface area contributed by atoms with Gasteiger partial charge in [-0.15, -0.1) is 6.58 Å². The van der Waals surface area contributed by atoms with Crippen molar-refractivity contribution in [3.63, 3.8) is 0 Å². The molecule has 0 aromatic heterocycles. The number of rotatable bonds is 6. The quantitative estimate of drug-likeness (QED) is 0.605. The Balaban J connectivity index is 2.84. The Bertz CT molecular complexity index is 370. The summed E-state index contributed by atoms with van der Waals surface area (Å²) in [6, 6.07) is 7.42. The number of carbonyl (C=O) groups is 1. The van der Waals surface area contributed by atoms with Crippen molar-refractivity contribution in [1.29, 1.82) is 0 Å². The maximum atomic E-state index is 11.8. The first kappa shape index (κ1) is 13.5. The van der Waals surface area contributed by atoms with Crippen LogP contribution in [0.2, 0.25) is 0 Å². The van der Waals surface area contributed by atoms with Gasteiger partial charge >= 0.3 is 5.97 Å². The Labute approximate surface area is 102 Å². The molecule has 0 aliphatic carbocycles. The monoisotopic (exact) mass is 233 g/mol. The standard InChI is InChI=1S/C14H19NO2/c1-4-10-15-13(14(16)17-5-2)12-8-6-11(3)7-9-12/h4,6-9,13,15H,1,5,10H2,2-3H3. The molecular formula is C14H19NO2. The first-order valence-electron chi connectivity index (χ1n) is 5.76. The number of hydrogen-bond donors (Lipinski definition) is 1. The Morgan fingerprint density at radius 2 is 2.12 bits per heavy atom. The minimum Gasteiger partial charge on any atom is -0.465 e. The van der Waals surface area contributed by atoms with Gasteiger partial charge in [-0.05, 0) is 19.4 Å². The van der Waals surface area contributed by atoms with Gasteiger partial charge in [-0.3, -0.25) is 5.32 Å². The van der Waals surface area contributed by atoms with Crippen molar-refractivity contribution in [1.82, 2.24) is 5.32 Å². The van der Waals surface area contributed by atoms with Crippen LogP contribution in [-0.4, -0.2) is 19.1 Å². The Hall–Kier alpha value is -1.61.